The highest BCUT2D eigenvalue weighted by Crippen LogP contribution is 2.18. The molecular weight excluding hydrogens is 200 g/mol. The molecule has 1 atom stereocenters. The molecule has 1 saturated heterocycles. The Bertz CT molecular complexity index is 309. The number of carbonyl (C=O) groups is 1. The van der Waals surface area contributed by atoms with Crippen LogP contribution in [0.4, 0.5) is 5.13 Å². The van der Waals surface area contributed by atoms with Gasteiger partial charge >= 0.3 is 0 Å². The van der Waals surface area contributed by atoms with E-state index >= 15 is 0 Å². The van der Waals surface area contributed by atoms with Crippen molar-refractivity contribution < 1.29 is 4.79 Å². The zero-order valence-electron chi connectivity index (χ0n) is 7.86. The van der Waals surface area contributed by atoms with E-state index in [-0.39, 0.29) is 11.8 Å². The SMILES string of the molecule is CC(C(=O)Nc1nncs1)C1CNC1. The van der Waals surface area contributed by atoms with Crippen LogP contribution in [-0.4, -0.2) is 29.2 Å². The third kappa shape index (κ3) is 1.91. The van der Waals surface area contributed by atoms with Crippen molar-refractivity contribution in [1.82, 2.24) is 15.5 Å². The molecule has 1 unspecified atom stereocenters. The molecule has 2 rings (SSSR count). The van der Waals surface area contributed by atoms with Crippen molar-refractivity contribution in [3.05, 3.63) is 5.51 Å². The van der Waals surface area contributed by atoms with Crippen LogP contribution < -0.4 is 10.6 Å². The molecule has 0 bridgehead atoms. The quantitative estimate of drug-likeness (QED) is 0.758. The van der Waals surface area contributed by atoms with Gasteiger partial charge in [-0.25, -0.2) is 0 Å². The maximum Gasteiger partial charge on any atom is 0.229 e. The van der Waals surface area contributed by atoms with E-state index < -0.39 is 0 Å². The highest BCUT2D eigenvalue weighted by molar-refractivity contribution is 7.13. The minimum atomic E-state index is 0.0354. The van der Waals surface area contributed by atoms with Gasteiger partial charge in [0.15, 0.2) is 0 Å². The summed E-state index contributed by atoms with van der Waals surface area (Å²) in [5.74, 6) is 0.538. The fourth-order valence-electron chi connectivity index (χ4n) is 1.33. The number of nitrogens with one attached hydrogen (secondary N) is 2. The minimum absolute atomic E-state index is 0.0354. The molecular formula is C8H12N4OS. The summed E-state index contributed by atoms with van der Waals surface area (Å²) in [4.78, 5) is 11.6. The molecule has 5 nitrogen and oxygen atoms in total. The lowest BCUT2D eigenvalue weighted by Crippen LogP contribution is -2.48. The summed E-state index contributed by atoms with van der Waals surface area (Å²) in [6.45, 7) is 3.82. The van der Waals surface area contributed by atoms with Crippen molar-refractivity contribution in [2.45, 2.75) is 6.92 Å². The summed E-state index contributed by atoms with van der Waals surface area (Å²) in [7, 11) is 0. The molecule has 1 aliphatic rings. The normalized spacial score (nSPS) is 18.6. The number of anilines is 1. The fraction of sp³-hybridized carbons (Fsp3) is 0.625. The number of nitrogens with zero attached hydrogens (tertiary/aromatic N) is 2. The standard InChI is InChI=1S/C8H12N4OS/c1-5(6-2-9-3-6)7(13)11-8-12-10-4-14-8/h4-6,9H,2-3H2,1H3,(H,11,12,13). The van der Waals surface area contributed by atoms with Crippen LogP contribution in [0, 0.1) is 11.8 Å². The van der Waals surface area contributed by atoms with Crippen LogP contribution >= 0.6 is 11.3 Å². The predicted octanol–water partition coefficient (Wildman–Crippen LogP) is 0.332. The second kappa shape index (κ2) is 4.02. The van der Waals surface area contributed by atoms with Crippen LogP contribution in [0.15, 0.2) is 5.51 Å². The van der Waals surface area contributed by atoms with Gasteiger partial charge in [0.1, 0.15) is 5.51 Å². The average Bonchev–Trinajstić information content (AvgIpc) is 2.53. The Morgan fingerprint density at radius 2 is 2.57 bits per heavy atom. The third-order valence-electron chi connectivity index (χ3n) is 2.52. The van der Waals surface area contributed by atoms with Gasteiger partial charge in [-0.2, -0.15) is 0 Å². The van der Waals surface area contributed by atoms with E-state index in [9.17, 15) is 4.79 Å². The van der Waals surface area contributed by atoms with Gasteiger partial charge in [-0.15, -0.1) is 10.2 Å². The van der Waals surface area contributed by atoms with Gasteiger partial charge in [0, 0.05) is 5.92 Å². The molecule has 6 heteroatoms. The maximum atomic E-state index is 11.6. The van der Waals surface area contributed by atoms with Crippen LogP contribution in [-0.2, 0) is 4.79 Å². The Hall–Kier alpha value is -1.01. The first-order valence-corrected chi connectivity index (χ1v) is 5.43. The lowest BCUT2D eigenvalue weighted by Gasteiger charge is -2.31. The van der Waals surface area contributed by atoms with Gasteiger partial charge in [0.05, 0.1) is 0 Å². The Morgan fingerprint density at radius 1 is 1.79 bits per heavy atom. The van der Waals surface area contributed by atoms with E-state index in [4.69, 9.17) is 0 Å². The van der Waals surface area contributed by atoms with Crippen LogP contribution in [0.1, 0.15) is 6.92 Å². The van der Waals surface area contributed by atoms with Crippen molar-refractivity contribution >= 4 is 22.4 Å². The predicted molar refractivity (Wildman–Crippen MR) is 54.1 cm³/mol. The molecule has 1 aliphatic heterocycles. The van der Waals surface area contributed by atoms with Crippen LogP contribution in [0.25, 0.3) is 0 Å². The lowest BCUT2D eigenvalue weighted by molar-refractivity contribution is -0.121. The first-order valence-electron chi connectivity index (χ1n) is 4.55. The molecule has 0 radical (unpaired) electrons. The van der Waals surface area contributed by atoms with E-state index in [2.05, 4.69) is 20.8 Å². The summed E-state index contributed by atoms with van der Waals surface area (Å²) in [5, 5.41) is 13.9. The zero-order valence-corrected chi connectivity index (χ0v) is 8.67. The monoisotopic (exact) mass is 212 g/mol. The van der Waals surface area contributed by atoms with Gasteiger partial charge < -0.3 is 10.6 Å². The highest BCUT2D eigenvalue weighted by atomic mass is 32.1. The van der Waals surface area contributed by atoms with Gasteiger partial charge in [-0.1, -0.05) is 18.3 Å². The first kappa shape index (κ1) is 9.54. The van der Waals surface area contributed by atoms with Crippen molar-refractivity contribution in [1.29, 1.82) is 0 Å². The molecule has 1 amide bonds. The highest BCUT2D eigenvalue weighted by Gasteiger charge is 2.28. The van der Waals surface area contributed by atoms with E-state index in [0.717, 1.165) is 13.1 Å². The Labute approximate surface area is 85.9 Å². The number of rotatable bonds is 3. The second-order valence-electron chi connectivity index (χ2n) is 3.44. The van der Waals surface area contributed by atoms with E-state index in [0.29, 0.717) is 11.0 Å². The summed E-state index contributed by atoms with van der Waals surface area (Å²) in [6, 6.07) is 0. The van der Waals surface area contributed by atoms with Gasteiger partial charge in [-0.05, 0) is 19.0 Å². The van der Waals surface area contributed by atoms with Gasteiger partial charge in [0.2, 0.25) is 11.0 Å². The summed E-state index contributed by atoms with van der Waals surface area (Å²) in [6.07, 6.45) is 0. The fourth-order valence-corrected chi connectivity index (χ4v) is 1.77. The van der Waals surface area contributed by atoms with E-state index in [1.807, 2.05) is 6.92 Å². The molecule has 76 valence electrons. The smallest absolute Gasteiger partial charge is 0.229 e. The molecule has 0 saturated carbocycles. The number of amides is 1. The number of hydrogen-bond acceptors (Lipinski definition) is 5. The third-order valence-corrected chi connectivity index (χ3v) is 3.13. The molecule has 1 aromatic heterocycles. The van der Waals surface area contributed by atoms with E-state index in [1.54, 1.807) is 5.51 Å². The molecule has 0 aliphatic carbocycles. The van der Waals surface area contributed by atoms with Crippen LogP contribution in [0.3, 0.4) is 0 Å². The number of carbonyl (C=O) groups excluding carboxylic acids is 1. The largest absolute Gasteiger partial charge is 0.316 e. The molecule has 0 aromatic carbocycles. The number of hydrogen-bond donors (Lipinski definition) is 2. The van der Waals surface area contributed by atoms with Crippen molar-refractivity contribution in [3.8, 4) is 0 Å². The summed E-state index contributed by atoms with van der Waals surface area (Å²) in [5.41, 5.74) is 1.60. The molecule has 2 N–H and O–H groups in total. The lowest BCUT2D eigenvalue weighted by atomic mass is 9.88. The molecule has 14 heavy (non-hydrogen) atoms. The number of aromatic nitrogens is 2. The molecule has 1 aromatic rings. The maximum absolute atomic E-state index is 11.6. The van der Waals surface area contributed by atoms with Gasteiger partial charge in [-0.3, -0.25) is 4.79 Å². The zero-order chi connectivity index (χ0) is 9.97. The van der Waals surface area contributed by atoms with E-state index in [1.165, 1.54) is 11.3 Å². The molecule has 1 fully saturated rings. The Kier molecular flexibility index (Phi) is 2.74. The Morgan fingerprint density at radius 3 is 3.07 bits per heavy atom. The van der Waals surface area contributed by atoms with Crippen molar-refractivity contribution in [3.63, 3.8) is 0 Å². The average molecular weight is 212 g/mol. The second-order valence-corrected chi connectivity index (χ2v) is 4.27. The van der Waals surface area contributed by atoms with Crippen molar-refractivity contribution in [2.75, 3.05) is 18.4 Å². The first-order chi connectivity index (χ1) is 6.77. The van der Waals surface area contributed by atoms with Crippen LogP contribution in [0.5, 0.6) is 0 Å². The molecule has 0 spiro atoms. The molecule has 2 heterocycles. The topological polar surface area (TPSA) is 66.9 Å². The van der Waals surface area contributed by atoms with Crippen LogP contribution in [0.2, 0.25) is 0 Å². The summed E-state index contributed by atoms with van der Waals surface area (Å²) >= 11 is 1.34. The summed E-state index contributed by atoms with van der Waals surface area (Å²) < 4.78 is 0. The van der Waals surface area contributed by atoms with Crippen molar-refractivity contribution in [2.24, 2.45) is 11.8 Å². The Balaban J connectivity index is 1.88. The van der Waals surface area contributed by atoms with Gasteiger partial charge in [0.25, 0.3) is 0 Å². The minimum Gasteiger partial charge on any atom is -0.316 e.